The highest BCUT2D eigenvalue weighted by Crippen LogP contribution is 2.33. The van der Waals surface area contributed by atoms with Crippen LogP contribution in [0.4, 0.5) is 24.0 Å². The lowest BCUT2D eigenvalue weighted by atomic mass is 10.1. The second-order valence-corrected chi connectivity index (χ2v) is 8.62. The van der Waals surface area contributed by atoms with E-state index in [1.807, 2.05) is 0 Å². The summed E-state index contributed by atoms with van der Waals surface area (Å²) < 4.78 is 43.1. The molecule has 0 spiro atoms. The van der Waals surface area contributed by atoms with Gasteiger partial charge in [0.05, 0.1) is 22.6 Å². The van der Waals surface area contributed by atoms with Crippen molar-refractivity contribution in [1.82, 2.24) is 14.5 Å². The molecule has 1 amide bonds. The van der Waals surface area contributed by atoms with Crippen molar-refractivity contribution in [2.75, 3.05) is 11.1 Å². The van der Waals surface area contributed by atoms with E-state index >= 15 is 0 Å². The van der Waals surface area contributed by atoms with Crippen LogP contribution in [0.5, 0.6) is 5.75 Å². The molecule has 2 aromatic heterocycles. The molecule has 2 aromatic carbocycles. The Labute approximate surface area is 203 Å². The number of nitrogens with one attached hydrogen (secondary N) is 1. The lowest BCUT2D eigenvalue weighted by molar-refractivity contribution is -0.384. The Morgan fingerprint density at radius 2 is 1.97 bits per heavy atom. The zero-order valence-corrected chi connectivity index (χ0v) is 19.1. The second kappa shape index (κ2) is 10.1. The highest BCUT2D eigenvalue weighted by atomic mass is 32.2. The Morgan fingerprint density at radius 1 is 1.20 bits per heavy atom. The SMILES string of the molecule is O=C(CSc1ncc(-c2cccc([N+](=O)[O-])c2)n1-c1ccc(OC(F)(F)F)cc1)Nc1nccs1. The first-order valence-corrected chi connectivity index (χ1v) is 11.6. The molecule has 0 aliphatic carbocycles. The lowest BCUT2D eigenvalue weighted by Gasteiger charge is -2.14. The van der Waals surface area contributed by atoms with Crippen LogP contribution >= 0.6 is 23.1 Å². The van der Waals surface area contributed by atoms with Crippen LogP contribution in [0.3, 0.4) is 0 Å². The average Bonchev–Trinajstić information content (AvgIpc) is 3.47. The number of aromatic nitrogens is 3. The number of carbonyl (C=O) groups is 1. The van der Waals surface area contributed by atoms with Crippen molar-refractivity contribution in [2.24, 2.45) is 0 Å². The molecule has 0 unspecified atom stereocenters. The van der Waals surface area contributed by atoms with Gasteiger partial charge in [-0.05, 0) is 24.3 Å². The van der Waals surface area contributed by atoms with Gasteiger partial charge in [-0.15, -0.1) is 24.5 Å². The van der Waals surface area contributed by atoms with Gasteiger partial charge in [-0.2, -0.15) is 0 Å². The number of nitrogens with zero attached hydrogens (tertiary/aromatic N) is 4. The van der Waals surface area contributed by atoms with Crippen LogP contribution in [-0.2, 0) is 4.79 Å². The first kappa shape index (κ1) is 24.2. The summed E-state index contributed by atoms with van der Waals surface area (Å²) in [5.74, 6) is -0.763. The summed E-state index contributed by atoms with van der Waals surface area (Å²) in [6.07, 6.45) is -1.81. The van der Waals surface area contributed by atoms with Gasteiger partial charge >= 0.3 is 6.36 Å². The summed E-state index contributed by atoms with van der Waals surface area (Å²) in [4.78, 5) is 31.3. The molecule has 4 aromatic rings. The van der Waals surface area contributed by atoms with Gasteiger partial charge < -0.3 is 10.1 Å². The number of ether oxygens (including phenoxy) is 1. The number of thioether (sulfide) groups is 1. The summed E-state index contributed by atoms with van der Waals surface area (Å²) in [6, 6.07) is 10.9. The number of rotatable bonds is 8. The summed E-state index contributed by atoms with van der Waals surface area (Å²) in [5.41, 5.74) is 1.19. The van der Waals surface area contributed by atoms with Gasteiger partial charge in [0, 0.05) is 35.0 Å². The molecule has 0 aliphatic heterocycles. The van der Waals surface area contributed by atoms with Crippen LogP contribution in [0, 0.1) is 10.1 Å². The molecule has 0 bridgehead atoms. The number of hydrogen-bond acceptors (Lipinski definition) is 8. The molecule has 2 heterocycles. The number of anilines is 1. The molecule has 14 heteroatoms. The number of hydrogen-bond donors (Lipinski definition) is 1. The predicted octanol–water partition coefficient (Wildman–Crippen LogP) is 5.53. The molecule has 0 saturated carbocycles. The number of nitro benzene ring substituents is 1. The number of thiazole rings is 1. The van der Waals surface area contributed by atoms with E-state index in [4.69, 9.17) is 0 Å². The third-order valence-electron chi connectivity index (χ3n) is 4.42. The predicted molar refractivity (Wildman–Crippen MR) is 124 cm³/mol. The van der Waals surface area contributed by atoms with Crippen molar-refractivity contribution in [1.29, 1.82) is 0 Å². The molecule has 0 saturated heterocycles. The number of carbonyl (C=O) groups excluding carboxylic acids is 1. The van der Waals surface area contributed by atoms with Crippen molar-refractivity contribution >= 4 is 39.8 Å². The molecule has 0 radical (unpaired) electrons. The fourth-order valence-electron chi connectivity index (χ4n) is 3.04. The maximum Gasteiger partial charge on any atom is 0.573 e. The van der Waals surface area contributed by atoms with E-state index < -0.39 is 17.0 Å². The number of halogens is 3. The third kappa shape index (κ3) is 6.16. The Balaban J connectivity index is 1.67. The van der Waals surface area contributed by atoms with Crippen LogP contribution in [0.1, 0.15) is 0 Å². The van der Waals surface area contributed by atoms with Crippen molar-refractivity contribution in [3.8, 4) is 22.7 Å². The molecular weight excluding hydrogens is 507 g/mol. The van der Waals surface area contributed by atoms with Gasteiger partial charge in [0.15, 0.2) is 10.3 Å². The van der Waals surface area contributed by atoms with Crippen LogP contribution in [0.2, 0.25) is 0 Å². The fourth-order valence-corrected chi connectivity index (χ4v) is 4.37. The molecule has 0 fully saturated rings. The van der Waals surface area contributed by atoms with E-state index in [0.717, 1.165) is 23.9 Å². The topological polar surface area (TPSA) is 112 Å². The largest absolute Gasteiger partial charge is 0.573 e. The molecule has 180 valence electrons. The van der Waals surface area contributed by atoms with Gasteiger partial charge in [0.2, 0.25) is 5.91 Å². The van der Waals surface area contributed by atoms with Gasteiger partial charge in [-0.1, -0.05) is 23.9 Å². The van der Waals surface area contributed by atoms with Gasteiger partial charge in [0.25, 0.3) is 5.69 Å². The van der Waals surface area contributed by atoms with Crippen molar-refractivity contribution in [3.05, 3.63) is 76.4 Å². The minimum absolute atomic E-state index is 0.0275. The quantitative estimate of drug-likeness (QED) is 0.184. The zero-order chi connectivity index (χ0) is 25.0. The number of alkyl halides is 3. The first-order chi connectivity index (χ1) is 16.7. The standard InChI is InChI=1S/C21H14F3N5O4S2/c22-21(23,24)33-16-6-4-14(5-7-16)28-17(13-2-1-3-15(10-13)29(31)32)11-26-20(28)35-12-18(30)27-19-25-8-9-34-19/h1-11H,12H2,(H,25,27,30). The highest BCUT2D eigenvalue weighted by molar-refractivity contribution is 7.99. The number of benzene rings is 2. The monoisotopic (exact) mass is 521 g/mol. The smallest absolute Gasteiger partial charge is 0.406 e. The van der Waals surface area contributed by atoms with Crippen LogP contribution in [0.15, 0.2) is 71.5 Å². The van der Waals surface area contributed by atoms with Gasteiger partial charge in [-0.25, -0.2) is 9.97 Å². The lowest BCUT2D eigenvalue weighted by Crippen LogP contribution is -2.17. The number of non-ortho nitro benzene ring substituents is 1. The Bertz CT molecular complexity index is 1340. The zero-order valence-electron chi connectivity index (χ0n) is 17.4. The number of imidazole rings is 1. The number of amides is 1. The Kier molecular flexibility index (Phi) is 7.02. The summed E-state index contributed by atoms with van der Waals surface area (Å²) in [7, 11) is 0. The molecular formula is C21H14F3N5O4S2. The molecule has 0 aliphatic rings. The maximum atomic E-state index is 12.5. The summed E-state index contributed by atoms with van der Waals surface area (Å²) in [5, 5.41) is 16.4. The van der Waals surface area contributed by atoms with Crippen molar-refractivity contribution in [2.45, 2.75) is 11.5 Å². The van der Waals surface area contributed by atoms with Crippen molar-refractivity contribution in [3.63, 3.8) is 0 Å². The van der Waals surface area contributed by atoms with E-state index in [1.54, 1.807) is 22.2 Å². The highest BCUT2D eigenvalue weighted by Gasteiger charge is 2.31. The second-order valence-electron chi connectivity index (χ2n) is 6.78. The average molecular weight is 522 g/mol. The van der Waals surface area contributed by atoms with E-state index in [1.165, 1.54) is 47.9 Å². The minimum atomic E-state index is -4.84. The van der Waals surface area contributed by atoms with Crippen LogP contribution < -0.4 is 10.1 Å². The normalized spacial score (nSPS) is 11.3. The fraction of sp³-hybridized carbons (Fsp3) is 0.0952. The maximum absolute atomic E-state index is 12.5. The van der Waals surface area contributed by atoms with Gasteiger partial charge in [0.1, 0.15) is 5.75 Å². The molecule has 4 rings (SSSR count). The van der Waals surface area contributed by atoms with E-state index in [0.29, 0.717) is 27.2 Å². The summed E-state index contributed by atoms with van der Waals surface area (Å²) >= 11 is 2.35. The number of nitro groups is 1. The summed E-state index contributed by atoms with van der Waals surface area (Å²) in [6.45, 7) is 0. The molecule has 9 nitrogen and oxygen atoms in total. The van der Waals surface area contributed by atoms with E-state index in [2.05, 4.69) is 20.0 Å². The van der Waals surface area contributed by atoms with Crippen molar-refractivity contribution < 1.29 is 27.6 Å². The first-order valence-electron chi connectivity index (χ1n) is 9.70. The van der Waals surface area contributed by atoms with Gasteiger partial charge in [-0.3, -0.25) is 19.5 Å². The van der Waals surface area contributed by atoms with Crippen LogP contribution in [0.25, 0.3) is 16.9 Å². The minimum Gasteiger partial charge on any atom is -0.406 e. The molecule has 35 heavy (non-hydrogen) atoms. The molecule has 0 atom stereocenters. The molecule has 1 N–H and O–H groups in total. The Morgan fingerprint density at radius 3 is 2.63 bits per heavy atom. The van der Waals surface area contributed by atoms with E-state index in [-0.39, 0.29) is 17.3 Å². The Hall–Kier alpha value is -3.91. The van der Waals surface area contributed by atoms with Crippen LogP contribution in [-0.4, -0.2) is 37.5 Å². The van der Waals surface area contributed by atoms with E-state index in [9.17, 15) is 28.1 Å². The third-order valence-corrected chi connectivity index (χ3v) is 6.06.